The smallest absolute Gasteiger partial charge is 0.342 e. The topological polar surface area (TPSA) is 73.7 Å². The molecular weight excluding hydrogens is 382 g/mol. The summed E-state index contributed by atoms with van der Waals surface area (Å²) in [5, 5.41) is 4.62. The van der Waals surface area contributed by atoms with Crippen molar-refractivity contribution < 1.29 is 19.1 Å². The van der Waals surface area contributed by atoms with Crippen molar-refractivity contribution in [3.63, 3.8) is 0 Å². The van der Waals surface area contributed by atoms with Crippen LogP contribution in [0.2, 0.25) is 0 Å². The van der Waals surface area contributed by atoms with Gasteiger partial charge in [0.25, 0.3) is 5.91 Å². The number of carbonyl (C=O) groups excluding carboxylic acids is 2. The first-order valence-corrected chi connectivity index (χ1v) is 9.82. The van der Waals surface area contributed by atoms with Gasteiger partial charge in [0, 0.05) is 24.8 Å². The van der Waals surface area contributed by atoms with Crippen LogP contribution in [0.25, 0.3) is 16.9 Å². The van der Waals surface area contributed by atoms with E-state index in [-0.39, 0.29) is 18.1 Å². The van der Waals surface area contributed by atoms with Gasteiger partial charge >= 0.3 is 5.97 Å². The maximum Gasteiger partial charge on any atom is 0.342 e. The van der Waals surface area contributed by atoms with Crippen molar-refractivity contribution in [1.82, 2.24) is 14.7 Å². The van der Waals surface area contributed by atoms with Crippen LogP contribution < -0.4 is 4.74 Å². The van der Waals surface area contributed by atoms with Crippen LogP contribution in [0, 0.1) is 0 Å². The van der Waals surface area contributed by atoms with Gasteiger partial charge in [-0.3, -0.25) is 4.79 Å². The van der Waals surface area contributed by atoms with Gasteiger partial charge < -0.3 is 14.4 Å². The van der Waals surface area contributed by atoms with Crippen molar-refractivity contribution in [3.05, 3.63) is 66.4 Å². The van der Waals surface area contributed by atoms with Crippen molar-refractivity contribution in [2.75, 3.05) is 26.8 Å². The Labute approximate surface area is 175 Å². The number of para-hydroxylation sites is 2. The fraction of sp³-hybridized carbons (Fsp3) is 0.261. The molecule has 0 saturated heterocycles. The quantitative estimate of drug-likeness (QED) is 0.534. The largest absolute Gasteiger partial charge is 0.496 e. The molecular formula is C23H25N3O4. The molecule has 1 amide bonds. The van der Waals surface area contributed by atoms with Crippen molar-refractivity contribution >= 4 is 11.9 Å². The van der Waals surface area contributed by atoms with E-state index in [1.807, 2.05) is 62.4 Å². The summed E-state index contributed by atoms with van der Waals surface area (Å²) in [6.07, 6.45) is 1.61. The molecule has 0 aliphatic carbocycles. The molecule has 3 rings (SSSR count). The molecule has 0 bridgehead atoms. The number of benzene rings is 2. The fourth-order valence-electron chi connectivity index (χ4n) is 3.15. The number of hydrogen-bond donors (Lipinski definition) is 0. The second-order valence-corrected chi connectivity index (χ2v) is 6.51. The standard InChI is InChI=1S/C23H25N3O4/c1-4-25(5-2)21(27)16-30-23(28)19-15-26(17-11-7-6-8-12-17)24-22(19)18-13-9-10-14-20(18)29-3/h6-15H,4-5,16H2,1-3H3. The summed E-state index contributed by atoms with van der Waals surface area (Å²) in [7, 11) is 1.56. The summed E-state index contributed by atoms with van der Waals surface area (Å²) in [4.78, 5) is 26.7. The number of ether oxygens (including phenoxy) is 2. The number of rotatable bonds is 8. The predicted octanol–water partition coefficient (Wildman–Crippen LogP) is 3.57. The molecule has 156 valence electrons. The molecule has 0 N–H and O–H groups in total. The summed E-state index contributed by atoms with van der Waals surface area (Å²) in [5.74, 6) is -0.259. The molecule has 1 aromatic heterocycles. The van der Waals surface area contributed by atoms with Gasteiger partial charge in [-0.2, -0.15) is 5.10 Å². The monoisotopic (exact) mass is 407 g/mol. The summed E-state index contributed by atoms with van der Waals surface area (Å²) in [6, 6.07) is 16.8. The molecule has 30 heavy (non-hydrogen) atoms. The molecule has 3 aromatic rings. The molecule has 0 radical (unpaired) electrons. The number of carbonyl (C=O) groups is 2. The second-order valence-electron chi connectivity index (χ2n) is 6.51. The Balaban J connectivity index is 1.97. The van der Waals surface area contributed by atoms with Crippen molar-refractivity contribution in [1.29, 1.82) is 0 Å². The lowest BCUT2D eigenvalue weighted by Gasteiger charge is -2.18. The third-order valence-corrected chi connectivity index (χ3v) is 4.76. The van der Waals surface area contributed by atoms with Gasteiger partial charge in [-0.05, 0) is 38.1 Å². The summed E-state index contributed by atoms with van der Waals surface area (Å²) < 4.78 is 12.4. The lowest BCUT2D eigenvalue weighted by Crippen LogP contribution is -2.34. The third kappa shape index (κ3) is 4.51. The van der Waals surface area contributed by atoms with Crippen LogP contribution in [-0.4, -0.2) is 53.4 Å². The highest BCUT2D eigenvalue weighted by molar-refractivity contribution is 5.98. The second kappa shape index (κ2) is 9.73. The van der Waals surface area contributed by atoms with Crippen LogP contribution in [0.1, 0.15) is 24.2 Å². The number of likely N-dealkylation sites (N-methyl/N-ethyl adjacent to an activating group) is 1. The first kappa shape index (κ1) is 21.1. The molecule has 1 heterocycles. The van der Waals surface area contributed by atoms with Crippen LogP contribution in [-0.2, 0) is 9.53 Å². The van der Waals surface area contributed by atoms with Gasteiger partial charge in [-0.15, -0.1) is 0 Å². The molecule has 0 fully saturated rings. The Bertz CT molecular complexity index is 1010. The van der Waals surface area contributed by atoms with E-state index >= 15 is 0 Å². The maximum atomic E-state index is 12.9. The highest BCUT2D eigenvalue weighted by atomic mass is 16.5. The van der Waals surface area contributed by atoms with Gasteiger partial charge in [0.05, 0.1) is 12.8 Å². The molecule has 7 nitrogen and oxygen atoms in total. The zero-order chi connectivity index (χ0) is 21.5. The molecule has 0 saturated carbocycles. The Morgan fingerprint density at radius 3 is 2.33 bits per heavy atom. The average Bonchev–Trinajstić information content (AvgIpc) is 3.24. The molecule has 0 unspecified atom stereocenters. The number of aromatic nitrogens is 2. The van der Waals surface area contributed by atoms with Crippen LogP contribution in [0.5, 0.6) is 5.75 Å². The number of nitrogens with zero attached hydrogens (tertiary/aromatic N) is 3. The van der Waals surface area contributed by atoms with Crippen molar-refractivity contribution in [3.8, 4) is 22.7 Å². The number of esters is 1. The lowest BCUT2D eigenvalue weighted by atomic mass is 10.1. The Morgan fingerprint density at radius 1 is 1.00 bits per heavy atom. The van der Waals surface area contributed by atoms with Gasteiger partial charge in [-0.1, -0.05) is 30.3 Å². The van der Waals surface area contributed by atoms with E-state index in [0.29, 0.717) is 30.1 Å². The summed E-state index contributed by atoms with van der Waals surface area (Å²) in [5.41, 5.74) is 2.15. The van der Waals surface area contributed by atoms with Crippen LogP contribution >= 0.6 is 0 Å². The summed E-state index contributed by atoms with van der Waals surface area (Å²) in [6.45, 7) is 4.57. The van der Waals surface area contributed by atoms with E-state index < -0.39 is 5.97 Å². The Kier molecular flexibility index (Phi) is 6.85. The minimum absolute atomic E-state index is 0.234. The van der Waals surface area contributed by atoms with Gasteiger partial charge in [-0.25, -0.2) is 9.48 Å². The first-order valence-electron chi connectivity index (χ1n) is 9.82. The van der Waals surface area contributed by atoms with Crippen LogP contribution in [0.3, 0.4) is 0 Å². The van der Waals surface area contributed by atoms with Crippen LogP contribution in [0.15, 0.2) is 60.8 Å². The third-order valence-electron chi connectivity index (χ3n) is 4.76. The highest BCUT2D eigenvalue weighted by Gasteiger charge is 2.23. The number of amides is 1. The van der Waals surface area contributed by atoms with E-state index in [1.54, 1.807) is 29.0 Å². The SMILES string of the molecule is CCN(CC)C(=O)COC(=O)c1cn(-c2ccccc2)nc1-c1ccccc1OC. The van der Waals surface area contributed by atoms with Gasteiger partial charge in [0.2, 0.25) is 0 Å². The Morgan fingerprint density at radius 2 is 1.67 bits per heavy atom. The lowest BCUT2D eigenvalue weighted by molar-refractivity contribution is -0.134. The molecule has 7 heteroatoms. The first-order chi connectivity index (χ1) is 14.6. The van der Waals surface area contributed by atoms with Crippen LogP contribution in [0.4, 0.5) is 0 Å². The van der Waals surface area contributed by atoms with Crippen molar-refractivity contribution in [2.45, 2.75) is 13.8 Å². The Hall–Kier alpha value is -3.61. The summed E-state index contributed by atoms with van der Waals surface area (Å²) >= 11 is 0. The van der Waals surface area contributed by atoms with Gasteiger partial charge in [0.1, 0.15) is 17.0 Å². The van der Waals surface area contributed by atoms with E-state index in [1.165, 1.54) is 0 Å². The maximum absolute atomic E-state index is 12.9. The normalized spacial score (nSPS) is 10.5. The van der Waals surface area contributed by atoms with E-state index in [9.17, 15) is 9.59 Å². The molecule has 0 aliphatic heterocycles. The minimum atomic E-state index is -0.612. The highest BCUT2D eigenvalue weighted by Crippen LogP contribution is 2.32. The van der Waals surface area contributed by atoms with E-state index in [0.717, 1.165) is 5.69 Å². The number of methoxy groups -OCH3 is 1. The van der Waals surface area contributed by atoms with Crippen molar-refractivity contribution in [2.24, 2.45) is 0 Å². The molecule has 0 aliphatic rings. The average molecular weight is 407 g/mol. The fourth-order valence-corrected chi connectivity index (χ4v) is 3.15. The molecule has 0 spiro atoms. The zero-order valence-electron chi connectivity index (χ0n) is 17.4. The predicted molar refractivity (Wildman–Crippen MR) is 114 cm³/mol. The molecule has 2 aromatic carbocycles. The number of hydrogen-bond acceptors (Lipinski definition) is 5. The van der Waals surface area contributed by atoms with Gasteiger partial charge in [0.15, 0.2) is 6.61 Å². The zero-order valence-corrected chi connectivity index (χ0v) is 17.4. The molecule has 0 atom stereocenters. The minimum Gasteiger partial charge on any atom is -0.496 e. The van der Waals surface area contributed by atoms with E-state index in [2.05, 4.69) is 5.10 Å². The van der Waals surface area contributed by atoms with E-state index in [4.69, 9.17) is 9.47 Å².